The Kier molecular flexibility index (Phi) is 7.17. The van der Waals surface area contributed by atoms with Gasteiger partial charge in [-0.25, -0.2) is 4.68 Å². The fourth-order valence-electron chi connectivity index (χ4n) is 4.56. The van der Waals surface area contributed by atoms with Crippen molar-refractivity contribution in [3.05, 3.63) is 87.0 Å². The van der Waals surface area contributed by atoms with Crippen molar-refractivity contribution in [3.8, 4) is 0 Å². The van der Waals surface area contributed by atoms with Crippen LogP contribution in [0.4, 0.5) is 0 Å². The molecule has 0 saturated heterocycles. The van der Waals surface area contributed by atoms with E-state index in [0.717, 1.165) is 40.7 Å². The molecule has 2 aromatic carbocycles. The molecule has 1 N–H and O–H groups in total. The highest BCUT2D eigenvalue weighted by Gasteiger charge is 2.31. The van der Waals surface area contributed by atoms with Gasteiger partial charge in [0.2, 0.25) is 0 Å². The topological polar surface area (TPSA) is 79.7 Å². The molecule has 2 aromatic heterocycles. The summed E-state index contributed by atoms with van der Waals surface area (Å²) in [7, 11) is 0. The fourth-order valence-corrected chi connectivity index (χ4v) is 4.56. The number of para-hydroxylation sites is 1. The Labute approximate surface area is 207 Å². The molecule has 0 spiro atoms. The van der Waals surface area contributed by atoms with Gasteiger partial charge in [-0.2, -0.15) is 0 Å². The van der Waals surface area contributed by atoms with Gasteiger partial charge in [-0.15, -0.1) is 5.10 Å². The first-order chi connectivity index (χ1) is 16.7. The Balaban J connectivity index is 1.78. The molecule has 7 nitrogen and oxygen atoms in total. The minimum Gasteiger partial charge on any atom is -0.321 e. The number of fused-ring (bicyclic) bond motifs is 1. The zero-order valence-electron chi connectivity index (χ0n) is 21.7. The van der Waals surface area contributed by atoms with Crippen LogP contribution in [0.1, 0.15) is 74.7 Å². The lowest BCUT2D eigenvalue weighted by molar-refractivity contribution is 0.150. The third kappa shape index (κ3) is 5.20. The van der Waals surface area contributed by atoms with E-state index in [1.54, 1.807) is 0 Å². The van der Waals surface area contributed by atoms with Crippen molar-refractivity contribution < 1.29 is 0 Å². The summed E-state index contributed by atoms with van der Waals surface area (Å²) < 4.78 is 1.96. The molecule has 1 atom stereocenters. The fraction of sp³-hybridized carbons (Fsp3) is 0.429. The number of pyridine rings is 1. The van der Waals surface area contributed by atoms with Crippen LogP contribution in [0.3, 0.4) is 0 Å². The summed E-state index contributed by atoms with van der Waals surface area (Å²) >= 11 is 0. The van der Waals surface area contributed by atoms with E-state index in [0.29, 0.717) is 13.1 Å². The first-order valence-electron chi connectivity index (χ1n) is 12.4. The van der Waals surface area contributed by atoms with Gasteiger partial charge < -0.3 is 4.98 Å². The molecule has 0 aliphatic carbocycles. The van der Waals surface area contributed by atoms with Crippen LogP contribution in [0.2, 0.25) is 0 Å². The SMILES string of the molecule is CC[C@H](c1nnnn1C(C)(C)CC)N(Cc1ccc(C)cc1)Cc1cc2cccc(C)c2[nH]c1=O. The summed E-state index contributed by atoms with van der Waals surface area (Å²) in [5.74, 6) is 0.833. The minimum atomic E-state index is -0.209. The van der Waals surface area contributed by atoms with Gasteiger partial charge >= 0.3 is 0 Å². The normalized spacial score (nSPS) is 13.0. The van der Waals surface area contributed by atoms with Gasteiger partial charge in [0.1, 0.15) is 0 Å². The summed E-state index contributed by atoms with van der Waals surface area (Å²) in [6, 6.07) is 16.6. The molecular weight excluding hydrogens is 436 g/mol. The molecular formula is C28H36N6O. The summed E-state index contributed by atoms with van der Waals surface area (Å²) in [5.41, 5.74) is 4.85. The number of nitrogens with one attached hydrogen (secondary N) is 1. The maximum absolute atomic E-state index is 13.2. The second kappa shape index (κ2) is 10.1. The first kappa shape index (κ1) is 24.8. The van der Waals surface area contributed by atoms with Crippen molar-refractivity contribution >= 4 is 10.9 Å². The summed E-state index contributed by atoms with van der Waals surface area (Å²) in [6.07, 6.45) is 1.72. The molecule has 2 heterocycles. The predicted octanol–water partition coefficient (Wildman–Crippen LogP) is 5.43. The van der Waals surface area contributed by atoms with Gasteiger partial charge in [0.25, 0.3) is 5.56 Å². The van der Waals surface area contributed by atoms with Crippen LogP contribution in [0.25, 0.3) is 10.9 Å². The number of aromatic amines is 1. The zero-order valence-corrected chi connectivity index (χ0v) is 21.7. The molecule has 0 bridgehead atoms. The maximum Gasteiger partial charge on any atom is 0.252 e. The van der Waals surface area contributed by atoms with Gasteiger partial charge in [0, 0.05) is 18.7 Å². The molecule has 35 heavy (non-hydrogen) atoms. The molecule has 0 fully saturated rings. The van der Waals surface area contributed by atoms with E-state index >= 15 is 0 Å². The van der Waals surface area contributed by atoms with E-state index < -0.39 is 0 Å². The molecule has 184 valence electrons. The van der Waals surface area contributed by atoms with Crippen LogP contribution < -0.4 is 5.56 Å². The lowest BCUT2D eigenvalue weighted by atomic mass is 10.0. The number of benzene rings is 2. The molecule has 7 heteroatoms. The number of tetrazole rings is 1. The smallest absolute Gasteiger partial charge is 0.252 e. The van der Waals surface area contributed by atoms with Crippen molar-refractivity contribution in [1.82, 2.24) is 30.1 Å². The molecule has 0 unspecified atom stereocenters. The highest BCUT2D eigenvalue weighted by Crippen LogP contribution is 2.30. The number of H-pyrrole nitrogens is 1. The Bertz CT molecular complexity index is 1350. The standard InChI is InChI=1S/C28H36N6O/c1-7-24(26-30-31-32-34(26)28(5,6)8-2)33(17-21-14-12-19(3)13-15-21)18-23-16-22-11-9-10-20(4)25(22)29-27(23)35/h9-16,24H,7-8,17-18H2,1-6H3,(H,29,35)/t24-/m1/s1. The molecule has 0 aliphatic rings. The Morgan fingerprint density at radius 3 is 2.49 bits per heavy atom. The summed E-state index contributed by atoms with van der Waals surface area (Å²) in [6.45, 7) is 13.9. The minimum absolute atomic E-state index is 0.0512. The number of rotatable bonds is 9. The molecule has 0 amide bonds. The number of aryl methyl sites for hydroxylation is 2. The van der Waals surface area contributed by atoms with Gasteiger partial charge in [0.05, 0.1) is 17.1 Å². The zero-order chi connectivity index (χ0) is 25.2. The summed E-state index contributed by atoms with van der Waals surface area (Å²) in [4.78, 5) is 18.6. The number of aromatic nitrogens is 5. The lowest BCUT2D eigenvalue weighted by Crippen LogP contribution is -2.36. The second-order valence-corrected chi connectivity index (χ2v) is 10.1. The third-order valence-corrected chi connectivity index (χ3v) is 7.10. The van der Waals surface area contributed by atoms with Crippen LogP contribution in [-0.4, -0.2) is 30.1 Å². The van der Waals surface area contributed by atoms with Crippen molar-refractivity contribution in [2.45, 2.75) is 79.1 Å². The predicted molar refractivity (Wildman–Crippen MR) is 140 cm³/mol. The van der Waals surface area contributed by atoms with E-state index in [9.17, 15) is 4.79 Å². The molecule has 4 aromatic rings. The number of nitrogens with zero attached hydrogens (tertiary/aromatic N) is 5. The van der Waals surface area contributed by atoms with Crippen molar-refractivity contribution in [2.24, 2.45) is 0 Å². The molecule has 0 aliphatic heterocycles. The highest BCUT2D eigenvalue weighted by atomic mass is 16.1. The first-order valence-corrected chi connectivity index (χ1v) is 12.4. The number of hydrogen-bond acceptors (Lipinski definition) is 5. The van der Waals surface area contributed by atoms with E-state index in [1.165, 1.54) is 11.1 Å². The van der Waals surface area contributed by atoms with E-state index in [1.807, 2.05) is 35.9 Å². The molecule has 0 saturated carbocycles. The van der Waals surface area contributed by atoms with Gasteiger partial charge in [-0.1, -0.05) is 61.9 Å². The van der Waals surface area contributed by atoms with Gasteiger partial charge in [0.15, 0.2) is 5.82 Å². The average Bonchev–Trinajstić information content (AvgIpc) is 3.33. The van der Waals surface area contributed by atoms with Crippen LogP contribution in [0.5, 0.6) is 0 Å². The second-order valence-electron chi connectivity index (χ2n) is 10.1. The largest absolute Gasteiger partial charge is 0.321 e. The molecule has 0 radical (unpaired) electrons. The Morgan fingerprint density at radius 1 is 1.06 bits per heavy atom. The van der Waals surface area contributed by atoms with E-state index in [4.69, 9.17) is 0 Å². The maximum atomic E-state index is 13.2. The van der Waals surface area contributed by atoms with Crippen molar-refractivity contribution in [3.63, 3.8) is 0 Å². The van der Waals surface area contributed by atoms with Crippen molar-refractivity contribution in [1.29, 1.82) is 0 Å². The molecule has 4 rings (SSSR count). The third-order valence-electron chi connectivity index (χ3n) is 7.10. The quantitative estimate of drug-likeness (QED) is 0.351. The monoisotopic (exact) mass is 472 g/mol. The summed E-state index contributed by atoms with van der Waals surface area (Å²) in [5, 5.41) is 13.9. The van der Waals surface area contributed by atoms with E-state index in [2.05, 4.69) is 84.3 Å². The van der Waals surface area contributed by atoms with Gasteiger partial charge in [-0.3, -0.25) is 9.69 Å². The van der Waals surface area contributed by atoms with Crippen molar-refractivity contribution in [2.75, 3.05) is 0 Å². The van der Waals surface area contributed by atoms with Crippen LogP contribution >= 0.6 is 0 Å². The van der Waals surface area contributed by atoms with Crippen LogP contribution in [-0.2, 0) is 18.6 Å². The lowest BCUT2D eigenvalue weighted by Gasteiger charge is -2.33. The van der Waals surface area contributed by atoms with E-state index in [-0.39, 0.29) is 17.1 Å². The average molecular weight is 473 g/mol. The Hall–Kier alpha value is -3.32. The number of hydrogen-bond donors (Lipinski definition) is 1. The van der Waals surface area contributed by atoms with Crippen LogP contribution in [0, 0.1) is 13.8 Å². The highest BCUT2D eigenvalue weighted by molar-refractivity contribution is 5.81. The van der Waals surface area contributed by atoms with Crippen LogP contribution in [0.15, 0.2) is 53.3 Å². The Morgan fingerprint density at radius 2 is 1.80 bits per heavy atom. The van der Waals surface area contributed by atoms with Gasteiger partial charge in [-0.05, 0) is 73.5 Å².